The molecule has 0 aromatic heterocycles. The summed E-state index contributed by atoms with van der Waals surface area (Å²) in [6, 6.07) is 6.41. The van der Waals surface area contributed by atoms with Gasteiger partial charge in [0.2, 0.25) is 0 Å². The number of anilines is 1. The van der Waals surface area contributed by atoms with E-state index in [2.05, 4.69) is 9.89 Å². The van der Waals surface area contributed by atoms with E-state index in [9.17, 15) is 4.39 Å². The van der Waals surface area contributed by atoms with Crippen LogP contribution in [-0.2, 0) is 0 Å². The van der Waals surface area contributed by atoms with Gasteiger partial charge in [-0.25, -0.2) is 9.38 Å². The molecule has 0 bridgehead atoms. The van der Waals surface area contributed by atoms with Crippen LogP contribution in [0.3, 0.4) is 0 Å². The smallest absolute Gasteiger partial charge is 0.191 e. The van der Waals surface area contributed by atoms with Crippen molar-refractivity contribution in [1.29, 1.82) is 0 Å². The summed E-state index contributed by atoms with van der Waals surface area (Å²) in [6.45, 7) is 5.18. The van der Waals surface area contributed by atoms with Crippen molar-refractivity contribution in [3.05, 3.63) is 30.1 Å². The Labute approximate surface area is 148 Å². The molecule has 1 saturated heterocycles. The molecular weight excluding hydrogens is 398 g/mol. The van der Waals surface area contributed by atoms with Crippen LogP contribution < -0.4 is 10.6 Å². The molecule has 124 valence electrons. The number of hydrogen-bond acceptors (Lipinski definition) is 3. The first kappa shape index (κ1) is 19.0. The van der Waals surface area contributed by atoms with Crippen LogP contribution in [0.15, 0.2) is 29.3 Å². The highest BCUT2D eigenvalue weighted by Gasteiger charge is 2.19. The summed E-state index contributed by atoms with van der Waals surface area (Å²) in [6.07, 6.45) is 0.771. The average molecular weight is 422 g/mol. The molecule has 1 fully saturated rings. The number of guanidine groups is 1. The Bertz CT molecular complexity index is 471. The van der Waals surface area contributed by atoms with Crippen LogP contribution in [-0.4, -0.2) is 54.8 Å². The lowest BCUT2D eigenvalue weighted by atomic mass is 10.2. The van der Waals surface area contributed by atoms with Gasteiger partial charge in [0.15, 0.2) is 5.96 Å². The van der Waals surface area contributed by atoms with Gasteiger partial charge in [0.1, 0.15) is 5.82 Å². The van der Waals surface area contributed by atoms with Gasteiger partial charge >= 0.3 is 0 Å². The summed E-state index contributed by atoms with van der Waals surface area (Å²) in [4.78, 5) is 8.58. The Balaban J connectivity index is 0.00000242. The summed E-state index contributed by atoms with van der Waals surface area (Å²) >= 11 is 0. The lowest BCUT2D eigenvalue weighted by Crippen LogP contribution is -2.51. The fraction of sp³-hybridized carbons (Fsp3) is 0.533. The minimum Gasteiger partial charge on any atom is -0.394 e. The van der Waals surface area contributed by atoms with E-state index in [-0.39, 0.29) is 42.4 Å². The predicted molar refractivity (Wildman–Crippen MR) is 98.4 cm³/mol. The quantitative estimate of drug-likeness (QED) is 0.440. The monoisotopic (exact) mass is 422 g/mol. The molecule has 2 rings (SSSR count). The third-order valence-corrected chi connectivity index (χ3v) is 3.79. The van der Waals surface area contributed by atoms with Crippen molar-refractivity contribution >= 4 is 35.6 Å². The van der Waals surface area contributed by atoms with Crippen LogP contribution >= 0.6 is 24.0 Å². The number of rotatable bonds is 4. The molecule has 1 atom stereocenters. The normalized spacial score (nSPS) is 17.1. The number of halogens is 2. The molecule has 3 N–H and O–H groups in total. The van der Waals surface area contributed by atoms with Crippen LogP contribution in [0, 0.1) is 5.82 Å². The van der Waals surface area contributed by atoms with Crippen molar-refractivity contribution in [2.45, 2.75) is 19.4 Å². The van der Waals surface area contributed by atoms with E-state index in [1.165, 1.54) is 12.1 Å². The van der Waals surface area contributed by atoms with Crippen LogP contribution in [0.2, 0.25) is 0 Å². The Kier molecular flexibility index (Phi) is 7.88. The Morgan fingerprint density at radius 1 is 1.27 bits per heavy atom. The molecule has 0 aliphatic carbocycles. The van der Waals surface area contributed by atoms with Crippen LogP contribution in [0.25, 0.3) is 0 Å². The molecule has 0 radical (unpaired) electrons. The first-order valence-corrected chi connectivity index (χ1v) is 7.33. The van der Waals surface area contributed by atoms with Crippen molar-refractivity contribution in [2.24, 2.45) is 10.7 Å². The summed E-state index contributed by atoms with van der Waals surface area (Å²) in [7, 11) is 0. The lowest BCUT2D eigenvalue weighted by Gasteiger charge is -2.36. The van der Waals surface area contributed by atoms with E-state index < -0.39 is 0 Å². The lowest BCUT2D eigenvalue weighted by molar-refractivity contribution is 0.262. The molecule has 5 nitrogen and oxygen atoms in total. The highest BCUT2D eigenvalue weighted by molar-refractivity contribution is 14.0. The molecule has 1 aromatic rings. The molecule has 0 saturated carbocycles. The van der Waals surface area contributed by atoms with Crippen molar-refractivity contribution in [3.8, 4) is 0 Å². The highest BCUT2D eigenvalue weighted by Crippen LogP contribution is 2.16. The molecule has 1 aliphatic heterocycles. The van der Waals surface area contributed by atoms with Crippen molar-refractivity contribution in [2.75, 3.05) is 37.7 Å². The first-order chi connectivity index (χ1) is 10.1. The van der Waals surface area contributed by atoms with E-state index >= 15 is 0 Å². The van der Waals surface area contributed by atoms with Gasteiger partial charge in [0.25, 0.3) is 0 Å². The standard InChI is InChI=1S/C15H23FN4O.HI/c1-2-13(11-21)18-15(17)20-9-7-19(8-10-20)14-5-3-12(16)4-6-14;/h3-6,13,21H,2,7-11H2,1H3,(H2,17,18);1H/t13-;/m1./s1. The molecule has 0 amide bonds. The Morgan fingerprint density at radius 2 is 1.86 bits per heavy atom. The van der Waals surface area contributed by atoms with E-state index in [4.69, 9.17) is 10.8 Å². The molecule has 0 unspecified atom stereocenters. The number of aliphatic imine (C=N–C) groups is 1. The minimum atomic E-state index is -0.219. The largest absolute Gasteiger partial charge is 0.394 e. The maximum atomic E-state index is 12.9. The number of nitrogens with zero attached hydrogens (tertiary/aromatic N) is 3. The number of benzene rings is 1. The zero-order valence-corrected chi connectivity index (χ0v) is 15.1. The molecule has 1 heterocycles. The number of aliphatic hydroxyl groups is 1. The zero-order chi connectivity index (χ0) is 15.2. The predicted octanol–water partition coefficient (Wildman–Crippen LogP) is 1.65. The highest BCUT2D eigenvalue weighted by atomic mass is 127. The number of hydrogen-bond donors (Lipinski definition) is 2. The van der Waals surface area contributed by atoms with Crippen LogP contribution in [0.4, 0.5) is 10.1 Å². The summed E-state index contributed by atoms with van der Waals surface area (Å²) < 4.78 is 12.9. The van der Waals surface area contributed by atoms with E-state index in [1.54, 1.807) is 12.1 Å². The van der Waals surface area contributed by atoms with Crippen LogP contribution in [0.1, 0.15) is 13.3 Å². The van der Waals surface area contributed by atoms with Crippen molar-refractivity contribution < 1.29 is 9.50 Å². The van der Waals surface area contributed by atoms with Crippen LogP contribution in [0.5, 0.6) is 0 Å². The second kappa shape index (κ2) is 9.14. The van der Waals surface area contributed by atoms with Gasteiger partial charge in [-0.3, -0.25) is 0 Å². The molecule has 0 spiro atoms. The maximum Gasteiger partial charge on any atom is 0.191 e. The van der Waals surface area contributed by atoms with Gasteiger partial charge < -0.3 is 20.6 Å². The Morgan fingerprint density at radius 3 is 2.36 bits per heavy atom. The Hall–Kier alpha value is -1.09. The van der Waals surface area contributed by atoms with E-state index in [1.807, 2.05) is 11.8 Å². The first-order valence-electron chi connectivity index (χ1n) is 7.33. The van der Waals surface area contributed by atoms with Crippen molar-refractivity contribution in [3.63, 3.8) is 0 Å². The van der Waals surface area contributed by atoms with Gasteiger partial charge in [-0.05, 0) is 30.7 Å². The average Bonchev–Trinajstić information content (AvgIpc) is 2.53. The molecule has 1 aromatic carbocycles. The maximum absolute atomic E-state index is 12.9. The second-order valence-electron chi connectivity index (χ2n) is 5.18. The van der Waals surface area contributed by atoms with Gasteiger partial charge in [-0.1, -0.05) is 6.92 Å². The topological polar surface area (TPSA) is 65.1 Å². The van der Waals surface area contributed by atoms with E-state index in [0.29, 0.717) is 5.96 Å². The number of aliphatic hydroxyl groups excluding tert-OH is 1. The summed E-state index contributed by atoms with van der Waals surface area (Å²) in [5.74, 6) is 0.276. The number of nitrogens with two attached hydrogens (primary N) is 1. The molecule has 7 heteroatoms. The fourth-order valence-electron chi connectivity index (χ4n) is 2.38. The second-order valence-corrected chi connectivity index (χ2v) is 5.18. The van der Waals surface area contributed by atoms with Gasteiger partial charge in [-0.2, -0.15) is 0 Å². The van der Waals surface area contributed by atoms with Gasteiger partial charge in [0.05, 0.1) is 12.6 Å². The van der Waals surface area contributed by atoms with Gasteiger partial charge in [0, 0.05) is 31.9 Å². The molecular formula is C15H24FIN4O. The zero-order valence-electron chi connectivity index (χ0n) is 12.8. The third kappa shape index (κ3) is 4.98. The molecule has 1 aliphatic rings. The van der Waals surface area contributed by atoms with E-state index in [0.717, 1.165) is 38.3 Å². The summed E-state index contributed by atoms with van der Waals surface area (Å²) in [5.41, 5.74) is 7.02. The van der Waals surface area contributed by atoms with Crippen molar-refractivity contribution in [1.82, 2.24) is 4.90 Å². The SMILES string of the molecule is CC[C@H](CO)N=C(N)N1CCN(c2ccc(F)cc2)CC1.I. The third-order valence-electron chi connectivity index (χ3n) is 3.79. The molecule has 22 heavy (non-hydrogen) atoms. The fourth-order valence-corrected chi connectivity index (χ4v) is 2.38. The van der Waals surface area contributed by atoms with Gasteiger partial charge in [-0.15, -0.1) is 24.0 Å². The summed E-state index contributed by atoms with van der Waals surface area (Å²) in [5, 5.41) is 9.17. The minimum absolute atomic E-state index is 0. The number of piperazine rings is 1.